The Labute approximate surface area is 222 Å². The summed E-state index contributed by atoms with van der Waals surface area (Å²) in [7, 11) is 0. The van der Waals surface area contributed by atoms with Gasteiger partial charge < -0.3 is 5.11 Å². The van der Waals surface area contributed by atoms with E-state index in [-0.39, 0.29) is 5.75 Å². The SMILES string of the molecule is Cc1ccc(-c2nc(-c3ccc(-c4ccccc4)cc3)nc(-c3ccc(-c4ccccc4)cc3)n2)c(O)c1. The first kappa shape index (κ1) is 23.3. The molecule has 6 rings (SSSR count). The van der Waals surface area contributed by atoms with Crippen LogP contribution < -0.4 is 0 Å². The van der Waals surface area contributed by atoms with E-state index >= 15 is 0 Å². The van der Waals surface area contributed by atoms with Gasteiger partial charge in [-0.15, -0.1) is 0 Å². The molecule has 182 valence electrons. The van der Waals surface area contributed by atoms with Crippen LogP contribution in [0.4, 0.5) is 0 Å². The van der Waals surface area contributed by atoms with E-state index in [4.69, 9.17) is 15.0 Å². The lowest BCUT2D eigenvalue weighted by molar-refractivity contribution is 0.476. The zero-order chi connectivity index (χ0) is 25.9. The Hall–Kier alpha value is -5.09. The summed E-state index contributed by atoms with van der Waals surface area (Å²) in [6.07, 6.45) is 0. The molecule has 6 aromatic rings. The topological polar surface area (TPSA) is 58.9 Å². The number of hydrogen-bond donors (Lipinski definition) is 1. The molecule has 1 heterocycles. The average Bonchev–Trinajstić information content (AvgIpc) is 2.98. The third-order valence-electron chi connectivity index (χ3n) is 6.53. The Balaban J connectivity index is 1.44. The fourth-order valence-corrected chi connectivity index (χ4v) is 4.47. The summed E-state index contributed by atoms with van der Waals surface area (Å²) in [4.78, 5) is 14.4. The molecule has 4 heteroatoms. The summed E-state index contributed by atoms with van der Waals surface area (Å²) < 4.78 is 0. The molecule has 38 heavy (non-hydrogen) atoms. The summed E-state index contributed by atoms with van der Waals surface area (Å²) in [6.45, 7) is 1.94. The van der Waals surface area contributed by atoms with E-state index in [2.05, 4.69) is 48.5 Å². The number of benzene rings is 5. The maximum atomic E-state index is 10.7. The largest absolute Gasteiger partial charge is 0.507 e. The van der Waals surface area contributed by atoms with Gasteiger partial charge in [-0.2, -0.15) is 0 Å². The van der Waals surface area contributed by atoms with Crippen LogP contribution in [0.1, 0.15) is 5.56 Å². The Kier molecular flexibility index (Phi) is 6.20. The number of nitrogens with zero attached hydrogens (tertiary/aromatic N) is 3. The van der Waals surface area contributed by atoms with Crippen LogP contribution in [0.2, 0.25) is 0 Å². The second-order valence-electron chi connectivity index (χ2n) is 9.21. The monoisotopic (exact) mass is 491 g/mol. The van der Waals surface area contributed by atoms with Crippen molar-refractivity contribution in [2.75, 3.05) is 0 Å². The average molecular weight is 492 g/mol. The van der Waals surface area contributed by atoms with Crippen LogP contribution in [0.25, 0.3) is 56.4 Å². The van der Waals surface area contributed by atoms with Crippen LogP contribution >= 0.6 is 0 Å². The molecule has 0 unspecified atom stereocenters. The van der Waals surface area contributed by atoms with Crippen molar-refractivity contribution in [2.24, 2.45) is 0 Å². The van der Waals surface area contributed by atoms with E-state index in [1.807, 2.05) is 79.7 Å². The molecule has 5 aromatic carbocycles. The summed E-state index contributed by atoms with van der Waals surface area (Å²) >= 11 is 0. The molecule has 1 aromatic heterocycles. The van der Waals surface area contributed by atoms with Gasteiger partial charge in [-0.1, -0.05) is 115 Å². The van der Waals surface area contributed by atoms with Crippen molar-refractivity contribution in [2.45, 2.75) is 6.92 Å². The predicted molar refractivity (Wildman–Crippen MR) is 153 cm³/mol. The maximum absolute atomic E-state index is 10.7. The third-order valence-corrected chi connectivity index (χ3v) is 6.53. The molecule has 0 amide bonds. The van der Waals surface area contributed by atoms with E-state index in [0.29, 0.717) is 23.0 Å². The summed E-state index contributed by atoms with van der Waals surface area (Å²) in [5, 5.41) is 10.7. The number of phenolic OH excluding ortho intramolecular Hbond substituents is 1. The summed E-state index contributed by atoms with van der Waals surface area (Å²) in [5.74, 6) is 1.68. The fraction of sp³-hybridized carbons (Fsp3) is 0.0294. The second-order valence-corrected chi connectivity index (χ2v) is 9.21. The molecule has 0 aliphatic rings. The van der Waals surface area contributed by atoms with Crippen molar-refractivity contribution in [1.29, 1.82) is 0 Å². The van der Waals surface area contributed by atoms with Gasteiger partial charge in [-0.25, -0.2) is 15.0 Å². The number of hydrogen-bond acceptors (Lipinski definition) is 4. The summed E-state index contributed by atoms with van der Waals surface area (Å²) in [6, 6.07) is 42.4. The van der Waals surface area contributed by atoms with Crippen molar-refractivity contribution in [1.82, 2.24) is 15.0 Å². The smallest absolute Gasteiger partial charge is 0.167 e. The lowest BCUT2D eigenvalue weighted by Gasteiger charge is -2.11. The zero-order valence-electron chi connectivity index (χ0n) is 20.9. The van der Waals surface area contributed by atoms with Crippen molar-refractivity contribution in [3.05, 3.63) is 133 Å². The number of aryl methyl sites for hydroxylation is 1. The van der Waals surface area contributed by atoms with Gasteiger partial charge in [-0.3, -0.25) is 0 Å². The second kappa shape index (κ2) is 10.1. The minimum atomic E-state index is 0.145. The van der Waals surface area contributed by atoms with Crippen LogP contribution in [0, 0.1) is 6.92 Å². The van der Waals surface area contributed by atoms with Gasteiger partial charge in [0, 0.05) is 11.1 Å². The molecule has 1 N–H and O–H groups in total. The van der Waals surface area contributed by atoms with E-state index < -0.39 is 0 Å². The summed E-state index contributed by atoms with van der Waals surface area (Å²) in [5.41, 5.74) is 7.84. The number of aromatic hydroxyl groups is 1. The van der Waals surface area contributed by atoms with E-state index in [1.54, 1.807) is 6.07 Å². The molecule has 0 saturated carbocycles. The first-order chi connectivity index (χ1) is 18.6. The molecular formula is C34H25N3O. The molecule has 0 aliphatic carbocycles. The van der Waals surface area contributed by atoms with Gasteiger partial charge in [0.1, 0.15) is 5.75 Å². The molecule has 0 radical (unpaired) electrons. The molecule has 0 aliphatic heterocycles. The molecule has 0 saturated heterocycles. The lowest BCUT2D eigenvalue weighted by Crippen LogP contribution is -2.00. The van der Waals surface area contributed by atoms with Crippen LogP contribution in [-0.2, 0) is 0 Å². The Morgan fingerprint density at radius 1 is 0.421 bits per heavy atom. The van der Waals surface area contributed by atoms with E-state index in [0.717, 1.165) is 38.9 Å². The molecule has 4 nitrogen and oxygen atoms in total. The van der Waals surface area contributed by atoms with E-state index in [9.17, 15) is 5.11 Å². The Bertz CT molecular complexity index is 1600. The predicted octanol–water partition coefficient (Wildman–Crippen LogP) is 8.22. The fourth-order valence-electron chi connectivity index (χ4n) is 4.47. The van der Waals surface area contributed by atoms with Crippen molar-refractivity contribution in [3.8, 4) is 62.2 Å². The first-order valence-electron chi connectivity index (χ1n) is 12.5. The first-order valence-corrected chi connectivity index (χ1v) is 12.5. The normalized spacial score (nSPS) is 10.9. The molecular weight excluding hydrogens is 466 g/mol. The molecule has 0 atom stereocenters. The number of phenols is 1. The number of aromatic nitrogens is 3. The van der Waals surface area contributed by atoms with Gasteiger partial charge in [0.2, 0.25) is 0 Å². The van der Waals surface area contributed by atoms with Crippen LogP contribution in [0.15, 0.2) is 127 Å². The molecule has 0 spiro atoms. The third kappa shape index (κ3) is 4.80. The highest BCUT2D eigenvalue weighted by Gasteiger charge is 2.15. The van der Waals surface area contributed by atoms with Crippen LogP contribution in [-0.4, -0.2) is 20.1 Å². The molecule has 0 bridgehead atoms. The van der Waals surface area contributed by atoms with Crippen LogP contribution in [0.3, 0.4) is 0 Å². The zero-order valence-corrected chi connectivity index (χ0v) is 20.9. The minimum Gasteiger partial charge on any atom is -0.507 e. The quantitative estimate of drug-likeness (QED) is 0.264. The highest BCUT2D eigenvalue weighted by Crippen LogP contribution is 2.32. The van der Waals surface area contributed by atoms with Gasteiger partial charge >= 0.3 is 0 Å². The standard InChI is InChI=1S/C34H25N3O/c1-23-12-21-30(31(38)22-23)34-36-32(28-17-13-26(14-18-28)24-8-4-2-5-9-24)35-33(37-34)29-19-15-27(16-20-29)25-10-6-3-7-11-25/h2-22,38H,1H3. The van der Waals surface area contributed by atoms with Crippen LogP contribution in [0.5, 0.6) is 5.75 Å². The maximum Gasteiger partial charge on any atom is 0.167 e. The minimum absolute atomic E-state index is 0.145. The molecule has 0 fully saturated rings. The Morgan fingerprint density at radius 2 is 0.816 bits per heavy atom. The van der Waals surface area contributed by atoms with Crippen molar-refractivity contribution >= 4 is 0 Å². The Morgan fingerprint density at radius 3 is 1.26 bits per heavy atom. The lowest BCUT2D eigenvalue weighted by atomic mass is 10.0. The van der Waals surface area contributed by atoms with E-state index in [1.165, 1.54) is 0 Å². The van der Waals surface area contributed by atoms with Crippen molar-refractivity contribution < 1.29 is 5.11 Å². The number of rotatable bonds is 5. The highest BCUT2D eigenvalue weighted by atomic mass is 16.3. The van der Waals surface area contributed by atoms with Crippen molar-refractivity contribution in [3.63, 3.8) is 0 Å². The van der Waals surface area contributed by atoms with Gasteiger partial charge in [-0.05, 0) is 46.9 Å². The van der Waals surface area contributed by atoms with Gasteiger partial charge in [0.05, 0.1) is 5.56 Å². The van der Waals surface area contributed by atoms with Gasteiger partial charge in [0.25, 0.3) is 0 Å². The highest BCUT2D eigenvalue weighted by molar-refractivity contribution is 5.73. The van der Waals surface area contributed by atoms with Gasteiger partial charge in [0.15, 0.2) is 17.5 Å².